The minimum atomic E-state index is -3.70. The third-order valence-electron chi connectivity index (χ3n) is 5.45. The van der Waals surface area contributed by atoms with Crippen LogP contribution >= 0.6 is 0 Å². The third-order valence-corrected chi connectivity index (χ3v) is 7.44. The largest absolute Gasteiger partial charge is 0.379 e. The molecule has 1 amide bonds. The van der Waals surface area contributed by atoms with E-state index < -0.39 is 10.0 Å². The molecule has 1 fully saturated rings. The number of nitrogens with one attached hydrogen (secondary N) is 1. The summed E-state index contributed by atoms with van der Waals surface area (Å²) < 4.78 is 33.2. The fourth-order valence-corrected chi connectivity index (χ4v) is 5.47. The Morgan fingerprint density at radius 3 is 2.65 bits per heavy atom. The monoisotopic (exact) mass is 442 g/mol. The van der Waals surface area contributed by atoms with Gasteiger partial charge in [0.2, 0.25) is 10.0 Å². The zero-order valence-corrected chi connectivity index (χ0v) is 18.5. The maximum absolute atomic E-state index is 13.2. The molecule has 1 aliphatic heterocycles. The molecule has 0 spiro atoms. The Hall–Kier alpha value is -2.75. The number of aromatic nitrogens is 2. The number of ether oxygens (including phenoxy) is 1. The van der Waals surface area contributed by atoms with E-state index in [0.717, 1.165) is 11.0 Å². The number of morpholine rings is 1. The molecule has 0 radical (unpaired) electrons. The summed E-state index contributed by atoms with van der Waals surface area (Å²) >= 11 is 0. The summed E-state index contributed by atoms with van der Waals surface area (Å²) in [6.45, 7) is 3.57. The second-order valence-corrected chi connectivity index (χ2v) is 9.46. The van der Waals surface area contributed by atoms with Gasteiger partial charge in [-0.15, -0.1) is 0 Å². The van der Waals surface area contributed by atoms with Crippen molar-refractivity contribution in [1.82, 2.24) is 19.2 Å². The lowest BCUT2D eigenvalue weighted by Gasteiger charge is -2.27. The minimum Gasteiger partial charge on any atom is -0.379 e. The van der Waals surface area contributed by atoms with Crippen molar-refractivity contribution in [2.45, 2.75) is 24.8 Å². The Labute approximate surface area is 181 Å². The molecule has 3 aromatic rings. The maximum Gasteiger partial charge on any atom is 0.254 e. The Morgan fingerprint density at radius 1 is 1.19 bits per heavy atom. The number of amides is 1. The normalized spacial score (nSPS) is 15.3. The highest BCUT2D eigenvalue weighted by molar-refractivity contribution is 7.89. The van der Waals surface area contributed by atoms with Crippen LogP contribution in [0, 0.1) is 0 Å². The SMILES string of the molecule is CCc1ccc(C(=O)N(C)Cc2nc3ccccc3[nH]2)cc1S(=O)(=O)N1CCOCC1. The van der Waals surface area contributed by atoms with Crippen LogP contribution in [0.4, 0.5) is 0 Å². The van der Waals surface area contributed by atoms with Crippen LogP contribution in [0.3, 0.4) is 0 Å². The molecule has 0 bridgehead atoms. The van der Waals surface area contributed by atoms with Gasteiger partial charge in [0.1, 0.15) is 5.82 Å². The van der Waals surface area contributed by atoms with E-state index in [9.17, 15) is 13.2 Å². The van der Waals surface area contributed by atoms with Gasteiger partial charge in [0.05, 0.1) is 35.7 Å². The lowest BCUT2D eigenvalue weighted by Crippen LogP contribution is -2.41. The van der Waals surface area contributed by atoms with Crippen molar-refractivity contribution in [3.63, 3.8) is 0 Å². The second-order valence-electron chi connectivity index (χ2n) is 7.55. The van der Waals surface area contributed by atoms with Gasteiger partial charge >= 0.3 is 0 Å². The summed E-state index contributed by atoms with van der Waals surface area (Å²) in [6.07, 6.45) is 0.558. The molecule has 0 unspecified atom stereocenters. The predicted molar refractivity (Wildman–Crippen MR) is 117 cm³/mol. The van der Waals surface area contributed by atoms with Crippen molar-refractivity contribution in [3.05, 3.63) is 59.4 Å². The van der Waals surface area contributed by atoms with Gasteiger partial charge in [-0.2, -0.15) is 4.31 Å². The topological polar surface area (TPSA) is 95.6 Å². The number of aryl methyl sites for hydroxylation is 1. The van der Waals surface area contributed by atoms with Crippen LogP contribution in [-0.2, 0) is 27.7 Å². The zero-order valence-electron chi connectivity index (χ0n) is 17.7. The molecule has 4 rings (SSSR count). The fourth-order valence-electron chi connectivity index (χ4n) is 3.74. The van der Waals surface area contributed by atoms with Crippen molar-refractivity contribution in [2.24, 2.45) is 0 Å². The highest BCUT2D eigenvalue weighted by Crippen LogP contribution is 2.24. The van der Waals surface area contributed by atoms with Crippen LogP contribution in [0.25, 0.3) is 11.0 Å². The summed E-state index contributed by atoms with van der Waals surface area (Å²) in [6, 6.07) is 12.6. The van der Waals surface area contributed by atoms with E-state index in [1.54, 1.807) is 19.2 Å². The molecule has 8 nitrogen and oxygen atoms in total. The van der Waals surface area contributed by atoms with E-state index in [-0.39, 0.29) is 17.3 Å². The van der Waals surface area contributed by atoms with E-state index in [1.807, 2.05) is 31.2 Å². The molecular weight excluding hydrogens is 416 g/mol. The molecule has 1 N–H and O–H groups in total. The molecule has 31 heavy (non-hydrogen) atoms. The highest BCUT2D eigenvalue weighted by atomic mass is 32.2. The summed E-state index contributed by atoms with van der Waals surface area (Å²) in [4.78, 5) is 22.5. The number of hydrogen-bond acceptors (Lipinski definition) is 5. The first-order valence-electron chi connectivity index (χ1n) is 10.3. The first kappa shape index (κ1) is 21.5. The average Bonchev–Trinajstić information content (AvgIpc) is 3.21. The van der Waals surface area contributed by atoms with Crippen molar-refractivity contribution in [2.75, 3.05) is 33.4 Å². The number of nitrogens with zero attached hydrogens (tertiary/aromatic N) is 3. The minimum absolute atomic E-state index is 0.194. The molecule has 0 aliphatic carbocycles. The van der Waals surface area contributed by atoms with Crippen LogP contribution in [0.5, 0.6) is 0 Å². The predicted octanol–water partition coefficient (Wildman–Crippen LogP) is 2.42. The van der Waals surface area contributed by atoms with Crippen LogP contribution in [0.2, 0.25) is 0 Å². The van der Waals surface area contributed by atoms with Gasteiger partial charge < -0.3 is 14.6 Å². The Bertz CT molecular complexity index is 1170. The van der Waals surface area contributed by atoms with Gasteiger partial charge in [-0.3, -0.25) is 4.79 Å². The zero-order chi connectivity index (χ0) is 22.0. The second kappa shape index (κ2) is 8.78. The van der Waals surface area contributed by atoms with Crippen LogP contribution in [0.1, 0.15) is 28.7 Å². The number of aromatic amines is 1. The lowest BCUT2D eigenvalue weighted by atomic mass is 10.1. The standard InChI is InChI=1S/C22H26N4O4S/c1-3-16-8-9-17(14-20(16)31(28,29)26-10-12-30-13-11-26)22(27)25(2)15-21-23-18-6-4-5-7-19(18)24-21/h4-9,14H,3,10-13,15H2,1-2H3,(H,23,24). The van der Waals surface area contributed by atoms with Crippen molar-refractivity contribution in [3.8, 4) is 0 Å². The molecular formula is C22H26N4O4S. The van der Waals surface area contributed by atoms with E-state index in [1.165, 1.54) is 15.3 Å². The summed E-state index contributed by atoms with van der Waals surface area (Å²) in [5, 5.41) is 0. The summed E-state index contributed by atoms with van der Waals surface area (Å²) in [7, 11) is -2.02. The van der Waals surface area contributed by atoms with Gasteiger partial charge in [0, 0.05) is 25.7 Å². The molecule has 9 heteroatoms. The first-order valence-corrected chi connectivity index (χ1v) is 11.7. The van der Waals surface area contributed by atoms with Crippen LogP contribution in [0.15, 0.2) is 47.4 Å². The molecule has 1 aromatic heterocycles. The Kier molecular flexibility index (Phi) is 6.08. The van der Waals surface area contributed by atoms with Gasteiger partial charge in [-0.05, 0) is 36.2 Å². The third kappa shape index (κ3) is 4.34. The number of sulfonamides is 1. The number of rotatable bonds is 6. The van der Waals surface area contributed by atoms with Gasteiger partial charge in [0.15, 0.2) is 0 Å². The smallest absolute Gasteiger partial charge is 0.254 e. The van der Waals surface area contributed by atoms with E-state index >= 15 is 0 Å². The molecule has 0 atom stereocenters. The fraction of sp³-hybridized carbons (Fsp3) is 0.364. The van der Waals surface area contributed by atoms with Crippen LogP contribution < -0.4 is 0 Å². The number of imidazole rings is 1. The van der Waals surface area contributed by atoms with Crippen molar-refractivity contribution >= 4 is 27.0 Å². The number of para-hydroxylation sites is 2. The Balaban J connectivity index is 1.59. The van der Waals surface area contributed by atoms with E-state index in [2.05, 4.69) is 9.97 Å². The van der Waals surface area contributed by atoms with E-state index in [4.69, 9.17) is 4.74 Å². The lowest BCUT2D eigenvalue weighted by molar-refractivity contribution is 0.0729. The molecule has 0 saturated carbocycles. The summed E-state index contributed by atoms with van der Waals surface area (Å²) in [5.74, 6) is 0.407. The number of carbonyl (C=O) groups excluding carboxylic acids is 1. The highest BCUT2D eigenvalue weighted by Gasteiger charge is 2.29. The number of hydrogen-bond donors (Lipinski definition) is 1. The van der Waals surface area contributed by atoms with Crippen LogP contribution in [-0.4, -0.2) is 66.8 Å². The molecule has 2 aromatic carbocycles. The molecule has 164 valence electrons. The number of carbonyl (C=O) groups is 1. The van der Waals surface area contributed by atoms with Crippen molar-refractivity contribution < 1.29 is 17.9 Å². The number of H-pyrrole nitrogens is 1. The van der Waals surface area contributed by atoms with E-state index in [0.29, 0.717) is 49.7 Å². The molecule has 1 aliphatic rings. The maximum atomic E-state index is 13.2. The quantitative estimate of drug-likeness (QED) is 0.633. The average molecular weight is 443 g/mol. The molecule has 2 heterocycles. The number of fused-ring (bicyclic) bond motifs is 1. The van der Waals surface area contributed by atoms with Gasteiger partial charge in [-0.1, -0.05) is 25.1 Å². The first-order chi connectivity index (χ1) is 14.9. The van der Waals surface area contributed by atoms with Crippen molar-refractivity contribution in [1.29, 1.82) is 0 Å². The Morgan fingerprint density at radius 2 is 1.94 bits per heavy atom. The summed E-state index contributed by atoms with van der Waals surface area (Å²) in [5.41, 5.74) is 2.78. The van der Waals surface area contributed by atoms with Gasteiger partial charge in [-0.25, -0.2) is 13.4 Å². The number of benzene rings is 2. The van der Waals surface area contributed by atoms with Gasteiger partial charge in [0.25, 0.3) is 5.91 Å². The molecule has 1 saturated heterocycles.